The van der Waals surface area contributed by atoms with Crippen LogP contribution in [-0.2, 0) is 6.42 Å². The Labute approximate surface area is 87.8 Å². The van der Waals surface area contributed by atoms with Crippen molar-refractivity contribution >= 4 is 10.0 Å². The van der Waals surface area contributed by atoms with Crippen molar-refractivity contribution in [3.8, 4) is 5.75 Å². The molecule has 0 radical (unpaired) electrons. The summed E-state index contributed by atoms with van der Waals surface area (Å²) in [5, 5.41) is 0. The normalized spacial score (nSPS) is 17.1. The summed E-state index contributed by atoms with van der Waals surface area (Å²) < 4.78 is 5.80. The fraction of sp³-hybridized carbons (Fsp3) is 0.500. The van der Waals surface area contributed by atoms with Crippen molar-refractivity contribution in [3.05, 3.63) is 23.8 Å². The summed E-state index contributed by atoms with van der Waals surface area (Å²) in [6.07, 6.45) is 9.30. The van der Waals surface area contributed by atoms with E-state index in [0.717, 1.165) is 13.0 Å². The number of benzene rings is 1. The summed E-state index contributed by atoms with van der Waals surface area (Å²) in [6.45, 7) is 0.888. The molecule has 1 aromatic rings. The maximum Gasteiger partial charge on any atom is 0.134 e. The molecule has 0 aliphatic carbocycles. The first-order valence-electron chi connectivity index (χ1n) is 5.02. The Hall–Kier alpha value is -0.630. The summed E-state index contributed by atoms with van der Waals surface area (Å²) in [4.78, 5) is 1.43. The second-order valence-corrected chi connectivity index (χ2v) is 8.65. The highest BCUT2D eigenvalue weighted by Crippen LogP contribution is 2.51. The van der Waals surface area contributed by atoms with Gasteiger partial charge in [0.2, 0.25) is 0 Å². The van der Waals surface area contributed by atoms with E-state index < -0.39 is 10.0 Å². The lowest BCUT2D eigenvalue weighted by molar-refractivity contribution is 0.281. The van der Waals surface area contributed by atoms with Crippen molar-refractivity contribution in [1.29, 1.82) is 0 Å². The molecular weight excluding hydrogens is 192 g/mol. The fourth-order valence-corrected chi connectivity index (χ4v) is 3.07. The monoisotopic (exact) mass is 210 g/mol. The predicted octanol–water partition coefficient (Wildman–Crippen LogP) is 3.06. The minimum atomic E-state index is -0.669. The van der Waals surface area contributed by atoms with Crippen LogP contribution >= 0.6 is 10.0 Å². The van der Waals surface area contributed by atoms with Gasteiger partial charge in [-0.3, -0.25) is 0 Å². The van der Waals surface area contributed by atoms with E-state index in [2.05, 4.69) is 37.0 Å². The maximum absolute atomic E-state index is 5.80. The second kappa shape index (κ2) is 3.50. The van der Waals surface area contributed by atoms with Gasteiger partial charge in [-0.1, -0.05) is 12.1 Å². The minimum absolute atomic E-state index is 0.669. The van der Waals surface area contributed by atoms with E-state index in [4.69, 9.17) is 4.74 Å². The summed E-state index contributed by atoms with van der Waals surface area (Å²) in [6, 6.07) is 6.59. The number of rotatable bonds is 1. The van der Waals surface area contributed by atoms with Gasteiger partial charge in [0.25, 0.3) is 0 Å². The van der Waals surface area contributed by atoms with E-state index >= 15 is 0 Å². The Balaban J connectivity index is 2.51. The molecule has 0 spiro atoms. The predicted molar refractivity (Wildman–Crippen MR) is 63.9 cm³/mol. The first kappa shape index (κ1) is 9.91. The van der Waals surface area contributed by atoms with Gasteiger partial charge >= 0.3 is 0 Å². The molecule has 2 heteroatoms. The summed E-state index contributed by atoms with van der Waals surface area (Å²) in [5.74, 6) is 1.18. The molecule has 0 aromatic heterocycles. The van der Waals surface area contributed by atoms with Gasteiger partial charge < -0.3 is 4.74 Å². The standard InChI is InChI=1S/C12H18OS/c1-14(2,3)11-8-4-6-10-7-5-9-13-12(10)11/h4,6,8H,5,7,9H2,1-3H3. The lowest BCUT2D eigenvalue weighted by atomic mass is 10.1. The highest BCUT2D eigenvalue weighted by molar-refractivity contribution is 8.32. The first-order chi connectivity index (χ1) is 6.59. The van der Waals surface area contributed by atoms with Crippen LogP contribution in [0.25, 0.3) is 0 Å². The van der Waals surface area contributed by atoms with Crippen LogP contribution in [0.1, 0.15) is 12.0 Å². The lowest BCUT2D eigenvalue weighted by Gasteiger charge is -2.31. The molecule has 1 aromatic carbocycles. The van der Waals surface area contributed by atoms with Gasteiger partial charge in [-0.25, -0.2) is 10.0 Å². The Bertz CT molecular complexity index is 339. The van der Waals surface area contributed by atoms with Gasteiger partial charge in [-0.05, 0) is 43.2 Å². The van der Waals surface area contributed by atoms with E-state index in [1.54, 1.807) is 0 Å². The fourth-order valence-electron chi connectivity index (χ4n) is 1.84. The van der Waals surface area contributed by atoms with E-state index in [1.165, 1.54) is 22.6 Å². The smallest absolute Gasteiger partial charge is 0.134 e. The average Bonchev–Trinajstić information content (AvgIpc) is 2.15. The van der Waals surface area contributed by atoms with Gasteiger partial charge in [0.1, 0.15) is 5.75 Å². The highest BCUT2D eigenvalue weighted by atomic mass is 32.3. The van der Waals surface area contributed by atoms with Gasteiger partial charge in [-0.15, -0.1) is 0 Å². The van der Waals surface area contributed by atoms with Crippen LogP contribution in [0.15, 0.2) is 23.1 Å². The van der Waals surface area contributed by atoms with Crippen LogP contribution < -0.4 is 4.74 Å². The largest absolute Gasteiger partial charge is 0.492 e. The van der Waals surface area contributed by atoms with Crippen molar-refractivity contribution in [2.24, 2.45) is 0 Å². The van der Waals surface area contributed by atoms with Crippen LogP contribution in [0.2, 0.25) is 0 Å². The quantitative estimate of drug-likeness (QED) is 0.692. The second-order valence-electron chi connectivity index (χ2n) is 4.53. The van der Waals surface area contributed by atoms with E-state index in [9.17, 15) is 0 Å². The molecule has 1 nitrogen and oxygen atoms in total. The van der Waals surface area contributed by atoms with Crippen LogP contribution in [0.5, 0.6) is 5.75 Å². The molecule has 0 unspecified atom stereocenters. The van der Waals surface area contributed by atoms with Crippen LogP contribution in [-0.4, -0.2) is 25.4 Å². The first-order valence-corrected chi connectivity index (χ1v) is 7.88. The van der Waals surface area contributed by atoms with Crippen molar-refractivity contribution < 1.29 is 4.74 Å². The minimum Gasteiger partial charge on any atom is -0.492 e. The third kappa shape index (κ3) is 1.76. The third-order valence-electron chi connectivity index (χ3n) is 2.56. The molecule has 14 heavy (non-hydrogen) atoms. The summed E-state index contributed by atoms with van der Waals surface area (Å²) in [7, 11) is -0.669. The Morgan fingerprint density at radius 1 is 1.21 bits per heavy atom. The molecule has 0 atom stereocenters. The molecule has 0 fully saturated rings. The van der Waals surface area contributed by atoms with Crippen molar-refractivity contribution in [1.82, 2.24) is 0 Å². The van der Waals surface area contributed by atoms with Crippen molar-refractivity contribution in [3.63, 3.8) is 0 Å². The van der Waals surface area contributed by atoms with Gasteiger partial charge in [0.15, 0.2) is 0 Å². The zero-order chi connectivity index (χ0) is 10.2. The van der Waals surface area contributed by atoms with Gasteiger partial charge in [-0.2, -0.15) is 0 Å². The number of hydrogen-bond acceptors (Lipinski definition) is 1. The molecule has 1 aliphatic rings. The number of fused-ring (bicyclic) bond motifs is 1. The molecule has 0 saturated heterocycles. The van der Waals surface area contributed by atoms with Gasteiger partial charge in [0, 0.05) is 4.90 Å². The lowest BCUT2D eigenvalue weighted by Crippen LogP contribution is -2.11. The van der Waals surface area contributed by atoms with E-state index in [0.29, 0.717) is 0 Å². The van der Waals surface area contributed by atoms with Crippen molar-refractivity contribution in [2.45, 2.75) is 17.7 Å². The Kier molecular flexibility index (Phi) is 2.48. The molecule has 0 bridgehead atoms. The van der Waals surface area contributed by atoms with E-state index in [-0.39, 0.29) is 0 Å². The molecule has 78 valence electrons. The van der Waals surface area contributed by atoms with Gasteiger partial charge in [0.05, 0.1) is 6.61 Å². The number of ether oxygens (including phenoxy) is 1. The number of hydrogen-bond donors (Lipinski definition) is 0. The zero-order valence-corrected chi connectivity index (χ0v) is 9.99. The zero-order valence-electron chi connectivity index (χ0n) is 9.17. The highest BCUT2D eigenvalue weighted by Gasteiger charge is 2.19. The number of aryl methyl sites for hydroxylation is 1. The molecule has 0 N–H and O–H groups in total. The molecule has 2 rings (SSSR count). The third-order valence-corrected chi connectivity index (χ3v) is 4.20. The Morgan fingerprint density at radius 3 is 2.71 bits per heavy atom. The van der Waals surface area contributed by atoms with Crippen molar-refractivity contribution in [2.75, 3.05) is 25.4 Å². The average molecular weight is 210 g/mol. The molecule has 1 aliphatic heterocycles. The van der Waals surface area contributed by atoms with Crippen LogP contribution in [0, 0.1) is 0 Å². The SMILES string of the molecule is CS(C)(C)c1cccc2c1OCCC2. The maximum atomic E-state index is 5.80. The molecule has 0 amide bonds. The Morgan fingerprint density at radius 2 is 2.00 bits per heavy atom. The van der Waals surface area contributed by atoms with Crippen LogP contribution in [0.3, 0.4) is 0 Å². The molecular formula is C12H18OS. The summed E-state index contributed by atoms with van der Waals surface area (Å²) >= 11 is 0. The molecule has 0 saturated carbocycles. The number of para-hydroxylation sites is 1. The molecule has 1 heterocycles. The van der Waals surface area contributed by atoms with Crippen LogP contribution in [0.4, 0.5) is 0 Å². The van der Waals surface area contributed by atoms with E-state index in [1.807, 2.05) is 0 Å². The summed E-state index contributed by atoms with van der Waals surface area (Å²) in [5.41, 5.74) is 1.40. The topological polar surface area (TPSA) is 9.23 Å².